The molecule has 38 heavy (non-hydrogen) atoms. The number of nitrogens with zero attached hydrogens (tertiary/aromatic N) is 6. The van der Waals surface area contributed by atoms with Crippen molar-refractivity contribution in [2.45, 2.75) is 45.1 Å². The van der Waals surface area contributed by atoms with E-state index in [-0.39, 0.29) is 29.3 Å². The lowest BCUT2D eigenvalue weighted by Gasteiger charge is -2.33. The SMILES string of the molecule is CN(C)c1ccc(-c2noc(-c3cnn4c(C5CCN(C(=O)OC(C)(C)C)CC5)cc(=O)[nH]c34)n2)cc1F. The van der Waals surface area contributed by atoms with Crippen LogP contribution in [0.25, 0.3) is 28.5 Å². The number of carbonyl (C=O) groups excluding carboxylic acids is 1. The Morgan fingerprint density at radius 2 is 1.95 bits per heavy atom. The van der Waals surface area contributed by atoms with Crippen LogP contribution in [-0.2, 0) is 4.74 Å². The van der Waals surface area contributed by atoms with Crippen LogP contribution < -0.4 is 10.5 Å². The van der Waals surface area contributed by atoms with Crippen LogP contribution in [-0.4, -0.2) is 68.5 Å². The Morgan fingerprint density at radius 3 is 2.61 bits per heavy atom. The number of nitrogens with one attached hydrogen (secondary N) is 1. The number of aromatic amines is 1. The Labute approximate surface area is 218 Å². The van der Waals surface area contributed by atoms with Crippen molar-refractivity contribution < 1.29 is 18.4 Å². The van der Waals surface area contributed by atoms with Crippen molar-refractivity contribution >= 4 is 17.4 Å². The van der Waals surface area contributed by atoms with Gasteiger partial charge in [-0.05, 0) is 51.8 Å². The zero-order chi connectivity index (χ0) is 27.2. The molecule has 11 nitrogen and oxygen atoms in total. The summed E-state index contributed by atoms with van der Waals surface area (Å²) in [6.45, 7) is 6.54. The number of carbonyl (C=O) groups is 1. The number of fused-ring (bicyclic) bond motifs is 1. The number of H-pyrrole nitrogens is 1. The molecule has 12 heteroatoms. The molecule has 5 rings (SSSR count). The summed E-state index contributed by atoms with van der Waals surface area (Å²) < 4.78 is 27.1. The molecule has 4 aromatic rings. The first kappa shape index (κ1) is 25.4. The number of halogens is 1. The minimum atomic E-state index is -0.559. The lowest BCUT2D eigenvalue weighted by atomic mass is 9.93. The molecule has 1 aliphatic heterocycles. The molecule has 3 aromatic heterocycles. The molecule has 0 saturated carbocycles. The van der Waals surface area contributed by atoms with Crippen molar-refractivity contribution in [3.05, 3.63) is 52.3 Å². The molecule has 1 amide bonds. The Bertz CT molecular complexity index is 1540. The van der Waals surface area contributed by atoms with Gasteiger partial charge in [-0.15, -0.1) is 0 Å². The van der Waals surface area contributed by atoms with E-state index in [1.807, 2.05) is 20.8 Å². The summed E-state index contributed by atoms with van der Waals surface area (Å²) in [6, 6.07) is 6.25. The third kappa shape index (κ3) is 4.98. The van der Waals surface area contributed by atoms with Gasteiger partial charge in [-0.25, -0.2) is 13.7 Å². The summed E-state index contributed by atoms with van der Waals surface area (Å²) >= 11 is 0. The second-order valence-corrected chi connectivity index (χ2v) is 10.6. The molecule has 0 atom stereocenters. The number of anilines is 1. The number of aromatic nitrogens is 5. The monoisotopic (exact) mass is 523 g/mol. The van der Waals surface area contributed by atoms with Crippen LogP contribution in [0.3, 0.4) is 0 Å². The highest BCUT2D eigenvalue weighted by Gasteiger charge is 2.29. The van der Waals surface area contributed by atoms with Gasteiger partial charge in [0, 0.05) is 44.7 Å². The highest BCUT2D eigenvalue weighted by molar-refractivity contribution is 5.72. The number of hydrogen-bond acceptors (Lipinski definition) is 8. The molecule has 0 unspecified atom stereocenters. The highest BCUT2D eigenvalue weighted by atomic mass is 19.1. The normalized spacial score (nSPS) is 14.7. The number of benzene rings is 1. The van der Waals surface area contributed by atoms with Crippen LogP contribution in [0.5, 0.6) is 0 Å². The number of rotatable bonds is 4. The second kappa shape index (κ2) is 9.58. The first-order valence-electron chi connectivity index (χ1n) is 12.4. The molecule has 1 aromatic carbocycles. The van der Waals surface area contributed by atoms with E-state index in [9.17, 15) is 14.0 Å². The van der Waals surface area contributed by atoms with Gasteiger partial charge in [-0.1, -0.05) is 5.16 Å². The molecule has 1 saturated heterocycles. The van der Waals surface area contributed by atoms with E-state index >= 15 is 0 Å². The molecular formula is C26H30FN7O4. The third-order valence-electron chi connectivity index (χ3n) is 6.44. The minimum Gasteiger partial charge on any atom is -0.444 e. The number of piperidine rings is 1. The maximum absolute atomic E-state index is 14.5. The number of likely N-dealkylation sites (tertiary alicyclic amines) is 1. The summed E-state index contributed by atoms with van der Waals surface area (Å²) in [5, 5.41) is 8.49. The second-order valence-electron chi connectivity index (χ2n) is 10.6. The maximum atomic E-state index is 14.5. The average molecular weight is 524 g/mol. The molecule has 4 heterocycles. The van der Waals surface area contributed by atoms with Gasteiger partial charge in [0.15, 0.2) is 0 Å². The van der Waals surface area contributed by atoms with Crippen LogP contribution in [0, 0.1) is 5.82 Å². The summed E-state index contributed by atoms with van der Waals surface area (Å²) in [7, 11) is 3.52. The van der Waals surface area contributed by atoms with Crippen molar-refractivity contribution in [3.8, 4) is 22.8 Å². The summed E-state index contributed by atoms with van der Waals surface area (Å²) in [6.07, 6.45) is 2.53. The Balaban J connectivity index is 1.40. The molecule has 200 valence electrons. The van der Waals surface area contributed by atoms with Crippen molar-refractivity contribution in [2.75, 3.05) is 32.1 Å². The zero-order valence-electron chi connectivity index (χ0n) is 22.0. The Kier molecular flexibility index (Phi) is 6.41. The van der Waals surface area contributed by atoms with Gasteiger partial charge in [0.1, 0.15) is 22.6 Å². The van der Waals surface area contributed by atoms with Crippen molar-refractivity contribution in [1.29, 1.82) is 0 Å². The number of ether oxygens (including phenoxy) is 1. The first-order valence-corrected chi connectivity index (χ1v) is 12.4. The van der Waals surface area contributed by atoms with Crippen LogP contribution in [0.2, 0.25) is 0 Å². The van der Waals surface area contributed by atoms with Gasteiger partial charge in [0.25, 0.3) is 11.4 Å². The van der Waals surface area contributed by atoms with Gasteiger partial charge in [0.05, 0.1) is 17.6 Å². The van der Waals surface area contributed by atoms with E-state index in [1.54, 1.807) is 46.7 Å². The molecule has 1 aliphatic rings. The lowest BCUT2D eigenvalue weighted by molar-refractivity contribution is 0.0203. The fraction of sp³-hybridized carbons (Fsp3) is 0.423. The molecule has 0 aliphatic carbocycles. The van der Waals surface area contributed by atoms with Gasteiger partial charge in [0.2, 0.25) is 5.82 Å². The fourth-order valence-electron chi connectivity index (χ4n) is 4.60. The van der Waals surface area contributed by atoms with Gasteiger partial charge in [-0.3, -0.25) is 4.79 Å². The molecule has 1 N–H and O–H groups in total. The van der Waals surface area contributed by atoms with Gasteiger partial charge in [-0.2, -0.15) is 10.1 Å². The highest BCUT2D eigenvalue weighted by Crippen LogP contribution is 2.31. The molecule has 1 fully saturated rings. The van der Waals surface area contributed by atoms with E-state index in [0.29, 0.717) is 48.4 Å². The topological polar surface area (TPSA) is 122 Å². The van der Waals surface area contributed by atoms with E-state index in [0.717, 1.165) is 5.69 Å². The van der Waals surface area contributed by atoms with E-state index in [1.165, 1.54) is 12.1 Å². The zero-order valence-corrected chi connectivity index (χ0v) is 22.0. The predicted molar refractivity (Wildman–Crippen MR) is 139 cm³/mol. The van der Waals surface area contributed by atoms with Crippen molar-refractivity contribution in [3.63, 3.8) is 0 Å². The van der Waals surface area contributed by atoms with Crippen molar-refractivity contribution in [2.24, 2.45) is 0 Å². The predicted octanol–water partition coefficient (Wildman–Crippen LogP) is 4.06. The average Bonchev–Trinajstić information content (AvgIpc) is 3.49. The number of amides is 1. The smallest absolute Gasteiger partial charge is 0.410 e. The fourth-order valence-corrected chi connectivity index (χ4v) is 4.60. The quantitative estimate of drug-likeness (QED) is 0.425. The van der Waals surface area contributed by atoms with E-state index in [4.69, 9.17) is 9.26 Å². The Hall–Kier alpha value is -4.22. The maximum Gasteiger partial charge on any atom is 0.410 e. The van der Waals surface area contributed by atoms with Crippen LogP contribution in [0.4, 0.5) is 14.9 Å². The standard InChI is InChI=1S/C26H30FN7O4/c1-26(2,3)37-25(36)33-10-8-15(9-11-33)20-13-21(35)29-23-17(14-28-34(20)23)24-30-22(31-38-24)16-6-7-19(32(4)5)18(27)12-16/h6-7,12-15H,8-11H2,1-5H3,(H,29,35). The van der Waals surface area contributed by atoms with E-state index in [2.05, 4.69) is 20.2 Å². The first-order chi connectivity index (χ1) is 18.0. The summed E-state index contributed by atoms with van der Waals surface area (Å²) in [5.74, 6) is -0.0135. The van der Waals surface area contributed by atoms with E-state index < -0.39 is 11.4 Å². The molecular weight excluding hydrogens is 493 g/mol. The lowest BCUT2D eigenvalue weighted by Crippen LogP contribution is -2.41. The van der Waals surface area contributed by atoms with Gasteiger partial charge < -0.3 is 24.0 Å². The van der Waals surface area contributed by atoms with Crippen molar-refractivity contribution in [1.82, 2.24) is 29.6 Å². The minimum absolute atomic E-state index is 0.0164. The molecule has 0 radical (unpaired) electrons. The third-order valence-corrected chi connectivity index (χ3v) is 6.44. The Morgan fingerprint density at radius 1 is 1.21 bits per heavy atom. The largest absolute Gasteiger partial charge is 0.444 e. The summed E-state index contributed by atoms with van der Waals surface area (Å²) in [5.41, 5.74) is 1.68. The van der Waals surface area contributed by atoms with Crippen LogP contribution in [0.15, 0.2) is 39.8 Å². The summed E-state index contributed by atoms with van der Waals surface area (Å²) in [4.78, 5) is 35.7. The van der Waals surface area contributed by atoms with Gasteiger partial charge >= 0.3 is 6.09 Å². The molecule has 0 spiro atoms. The van der Waals surface area contributed by atoms with Crippen LogP contribution >= 0.6 is 0 Å². The number of hydrogen-bond donors (Lipinski definition) is 1. The molecule has 0 bridgehead atoms. The van der Waals surface area contributed by atoms with Crippen LogP contribution in [0.1, 0.15) is 45.2 Å².